The smallest absolute Gasteiger partial charge is 0.255 e. The average Bonchev–Trinajstić information content (AvgIpc) is 2.70. The predicted molar refractivity (Wildman–Crippen MR) is 107 cm³/mol. The highest BCUT2D eigenvalue weighted by Crippen LogP contribution is 2.27. The first-order valence-electron chi connectivity index (χ1n) is 9.94. The van der Waals surface area contributed by atoms with Crippen LogP contribution in [0.2, 0.25) is 0 Å². The standard InChI is InChI=1S/C20H24F2N4O3S/c1-30(28,29)26-9-7-17-15(12-26)20(27)24-19(23-17)14-5-3-8-25(11-14)10-13-4-2-6-16(21)18(13)22/h2,4,6,14H,3,5,7-12H2,1H3,(H,23,24,27). The Bertz CT molecular complexity index is 1120. The van der Waals surface area contributed by atoms with E-state index in [2.05, 4.69) is 9.97 Å². The van der Waals surface area contributed by atoms with Gasteiger partial charge in [-0.3, -0.25) is 9.69 Å². The van der Waals surface area contributed by atoms with Crippen LogP contribution in [0.5, 0.6) is 0 Å². The van der Waals surface area contributed by atoms with Crippen molar-refractivity contribution in [1.29, 1.82) is 0 Å². The first-order chi connectivity index (χ1) is 14.2. The Balaban J connectivity index is 1.52. The van der Waals surface area contributed by atoms with Crippen molar-refractivity contribution < 1.29 is 17.2 Å². The fourth-order valence-corrected chi connectivity index (χ4v) is 5.02. The lowest BCUT2D eigenvalue weighted by molar-refractivity contribution is 0.193. The molecule has 2 aromatic rings. The molecule has 0 spiro atoms. The van der Waals surface area contributed by atoms with Gasteiger partial charge in [-0.2, -0.15) is 4.31 Å². The number of aromatic nitrogens is 2. The molecule has 1 aromatic carbocycles. The van der Waals surface area contributed by atoms with Crippen molar-refractivity contribution in [1.82, 2.24) is 19.2 Å². The van der Waals surface area contributed by atoms with Gasteiger partial charge in [0.2, 0.25) is 10.0 Å². The second kappa shape index (κ2) is 8.16. The zero-order valence-electron chi connectivity index (χ0n) is 16.7. The summed E-state index contributed by atoms with van der Waals surface area (Å²) in [6.45, 7) is 1.96. The molecule has 1 atom stereocenters. The van der Waals surface area contributed by atoms with Crippen LogP contribution in [0.15, 0.2) is 23.0 Å². The third-order valence-electron chi connectivity index (χ3n) is 5.84. The number of piperidine rings is 1. The van der Waals surface area contributed by atoms with Gasteiger partial charge < -0.3 is 4.98 Å². The van der Waals surface area contributed by atoms with Crippen LogP contribution >= 0.6 is 0 Å². The minimum absolute atomic E-state index is 0.0266. The van der Waals surface area contributed by atoms with Gasteiger partial charge in [0, 0.05) is 44.1 Å². The van der Waals surface area contributed by atoms with Crippen LogP contribution in [0.25, 0.3) is 0 Å². The minimum atomic E-state index is -3.37. The van der Waals surface area contributed by atoms with Crippen LogP contribution in [-0.4, -0.2) is 53.5 Å². The van der Waals surface area contributed by atoms with Crippen LogP contribution < -0.4 is 5.56 Å². The summed E-state index contributed by atoms with van der Waals surface area (Å²) in [6, 6.07) is 4.18. The molecule has 2 aliphatic heterocycles. The fourth-order valence-electron chi connectivity index (χ4n) is 4.23. The number of hydrogen-bond donors (Lipinski definition) is 1. The van der Waals surface area contributed by atoms with Crippen LogP contribution in [0.4, 0.5) is 8.78 Å². The number of halogens is 2. The second-order valence-corrected chi connectivity index (χ2v) is 9.99. The molecule has 162 valence electrons. The highest BCUT2D eigenvalue weighted by molar-refractivity contribution is 7.88. The van der Waals surface area contributed by atoms with Gasteiger partial charge >= 0.3 is 0 Å². The molecular formula is C20H24F2N4O3S. The highest BCUT2D eigenvalue weighted by atomic mass is 32.2. The molecule has 4 rings (SSSR count). The molecule has 0 amide bonds. The SMILES string of the molecule is CS(=O)(=O)N1CCc2nc(C3CCCN(Cc4cccc(F)c4F)C3)[nH]c(=O)c2C1. The molecular weight excluding hydrogens is 414 g/mol. The lowest BCUT2D eigenvalue weighted by Gasteiger charge is -2.33. The van der Waals surface area contributed by atoms with Gasteiger partial charge in [0.15, 0.2) is 11.6 Å². The molecule has 1 N–H and O–H groups in total. The van der Waals surface area contributed by atoms with E-state index in [-0.39, 0.29) is 18.0 Å². The molecule has 0 aliphatic carbocycles. The third-order valence-corrected chi connectivity index (χ3v) is 7.09. The summed E-state index contributed by atoms with van der Waals surface area (Å²) in [6.07, 6.45) is 3.21. The fraction of sp³-hybridized carbons (Fsp3) is 0.500. The maximum absolute atomic E-state index is 14.0. The quantitative estimate of drug-likeness (QED) is 0.786. The topological polar surface area (TPSA) is 86.4 Å². The lowest BCUT2D eigenvalue weighted by atomic mass is 9.96. The van der Waals surface area contributed by atoms with Crippen molar-refractivity contribution in [2.24, 2.45) is 0 Å². The number of aromatic amines is 1. The molecule has 2 aliphatic rings. The summed E-state index contributed by atoms with van der Waals surface area (Å²) in [5.74, 6) is -1.13. The molecule has 10 heteroatoms. The summed E-state index contributed by atoms with van der Waals surface area (Å²) in [5.41, 5.74) is 1.03. The van der Waals surface area contributed by atoms with Crippen LogP contribution in [0.3, 0.4) is 0 Å². The maximum atomic E-state index is 14.0. The second-order valence-electron chi connectivity index (χ2n) is 8.01. The monoisotopic (exact) mass is 438 g/mol. The van der Waals surface area contributed by atoms with Gasteiger partial charge in [-0.05, 0) is 25.5 Å². The number of hydrogen-bond acceptors (Lipinski definition) is 5. The van der Waals surface area contributed by atoms with Crippen LogP contribution in [0, 0.1) is 11.6 Å². The van der Waals surface area contributed by atoms with E-state index in [1.807, 2.05) is 4.90 Å². The van der Waals surface area contributed by atoms with Crippen LogP contribution in [-0.2, 0) is 29.5 Å². The van der Waals surface area contributed by atoms with Crippen molar-refractivity contribution in [3.8, 4) is 0 Å². The Morgan fingerprint density at radius 2 is 2.07 bits per heavy atom. The highest BCUT2D eigenvalue weighted by Gasteiger charge is 2.29. The zero-order chi connectivity index (χ0) is 21.5. The Morgan fingerprint density at radius 1 is 1.27 bits per heavy atom. The number of rotatable bonds is 4. The molecule has 1 fully saturated rings. The largest absolute Gasteiger partial charge is 0.310 e. The van der Waals surface area contributed by atoms with Gasteiger partial charge in [0.25, 0.3) is 5.56 Å². The van der Waals surface area contributed by atoms with E-state index in [0.29, 0.717) is 48.7 Å². The molecule has 1 unspecified atom stereocenters. The van der Waals surface area contributed by atoms with E-state index >= 15 is 0 Å². The van der Waals surface area contributed by atoms with Gasteiger partial charge in [-0.25, -0.2) is 22.2 Å². The molecule has 1 aromatic heterocycles. The minimum Gasteiger partial charge on any atom is -0.310 e. The van der Waals surface area contributed by atoms with E-state index in [9.17, 15) is 22.0 Å². The summed E-state index contributed by atoms with van der Waals surface area (Å²) >= 11 is 0. The number of likely N-dealkylation sites (tertiary alicyclic amines) is 1. The first kappa shape index (κ1) is 21.1. The van der Waals surface area contributed by atoms with Gasteiger partial charge in [-0.15, -0.1) is 0 Å². The summed E-state index contributed by atoms with van der Waals surface area (Å²) < 4.78 is 52.4. The zero-order valence-corrected chi connectivity index (χ0v) is 17.5. The Morgan fingerprint density at radius 3 is 2.83 bits per heavy atom. The molecule has 1 saturated heterocycles. The number of sulfonamides is 1. The molecule has 3 heterocycles. The molecule has 0 saturated carbocycles. The Kier molecular flexibility index (Phi) is 5.73. The van der Waals surface area contributed by atoms with E-state index in [0.717, 1.165) is 31.7 Å². The summed E-state index contributed by atoms with van der Waals surface area (Å²) in [7, 11) is -3.37. The van der Waals surface area contributed by atoms with Crippen molar-refractivity contribution >= 4 is 10.0 Å². The summed E-state index contributed by atoms with van der Waals surface area (Å²) in [5, 5.41) is 0. The number of fused-ring (bicyclic) bond motifs is 1. The summed E-state index contributed by atoms with van der Waals surface area (Å²) in [4.78, 5) is 22.2. The predicted octanol–water partition coefficient (Wildman–Crippen LogP) is 1.75. The molecule has 0 radical (unpaired) electrons. The van der Waals surface area contributed by atoms with E-state index in [1.165, 1.54) is 10.4 Å². The van der Waals surface area contributed by atoms with Gasteiger partial charge in [0.05, 0.1) is 17.5 Å². The Hall–Kier alpha value is -2.17. The maximum Gasteiger partial charge on any atom is 0.255 e. The van der Waals surface area contributed by atoms with Crippen LogP contribution in [0.1, 0.15) is 41.4 Å². The van der Waals surface area contributed by atoms with Gasteiger partial charge in [0.1, 0.15) is 5.82 Å². The third kappa shape index (κ3) is 4.30. The average molecular weight is 439 g/mol. The van der Waals surface area contributed by atoms with E-state index < -0.39 is 21.7 Å². The molecule has 30 heavy (non-hydrogen) atoms. The van der Waals surface area contributed by atoms with Crippen molar-refractivity contribution in [3.05, 3.63) is 62.8 Å². The first-order valence-corrected chi connectivity index (χ1v) is 11.8. The van der Waals surface area contributed by atoms with Crippen molar-refractivity contribution in [2.75, 3.05) is 25.9 Å². The number of nitrogens with zero attached hydrogens (tertiary/aromatic N) is 3. The number of benzene rings is 1. The van der Waals surface area contributed by atoms with Crippen molar-refractivity contribution in [2.45, 2.75) is 38.3 Å². The van der Waals surface area contributed by atoms with Crippen molar-refractivity contribution in [3.63, 3.8) is 0 Å². The molecule has 0 bridgehead atoms. The van der Waals surface area contributed by atoms with Gasteiger partial charge in [-0.1, -0.05) is 12.1 Å². The number of H-pyrrole nitrogens is 1. The number of nitrogens with one attached hydrogen (secondary N) is 1. The normalized spacial score (nSPS) is 20.8. The Labute approximate surface area is 173 Å². The van der Waals surface area contributed by atoms with E-state index in [4.69, 9.17) is 0 Å². The van der Waals surface area contributed by atoms with E-state index in [1.54, 1.807) is 6.07 Å². The molecule has 7 nitrogen and oxygen atoms in total. The lowest BCUT2D eigenvalue weighted by Crippen LogP contribution is -2.40.